The van der Waals surface area contributed by atoms with Crippen LogP contribution in [0.4, 0.5) is 0 Å². The van der Waals surface area contributed by atoms with E-state index in [1.54, 1.807) is 7.11 Å². The van der Waals surface area contributed by atoms with Crippen molar-refractivity contribution in [1.29, 1.82) is 0 Å². The lowest BCUT2D eigenvalue weighted by atomic mass is 10.2. The number of nitrogens with one attached hydrogen (secondary N) is 1. The van der Waals surface area contributed by atoms with E-state index in [1.807, 2.05) is 10.9 Å². The van der Waals surface area contributed by atoms with Gasteiger partial charge < -0.3 is 10.1 Å². The van der Waals surface area contributed by atoms with Gasteiger partial charge in [0.15, 0.2) is 0 Å². The van der Waals surface area contributed by atoms with Crippen LogP contribution in [0.1, 0.15) is 37.9 Å². The summed E-state index contributed by atoms with van der Waals surface area (Å²) in [6.45, 7) is 4.84. The molecule has 1 atom stereocenters. The van der Waals surface area contributed by atoms with Crippen LogP contribution >= 0.6 is 0 Å². The van der Waals surface area contributed by atoms with Crippen LogP contribution in [0, 0.1) is 5.92 Å². The van der Waals surface area contributed by atoms with E-state index in [4.69, 9.17) is 4.74 Å². The smallest absolute Gasteiger partial charge is 0.0964 e. The fourth-order valence-corrected chi connectivity index (χ4v) is 1.76. The van der Waals surface area contributed by atoms with Gasteiger partial charge in [-0.3, -0.25) is 0 Å². The van der Waals surface area contributed by atoms with Crippen molar-refractivity contribution < 1.29 is 4.74 Å². The molecule has 0 aliphatic heterocycles. The van der Waals surface area contributed by atoms with Gasteiger partial charge in [0, 0.05) is 20.3 Å². The molecule has 1 aromatic rings. The molecule has 1 saturated carbocycles. The topological polar surface area (TPSA) is 52.0 Å². The van der Waals surface area contributed by atoms with E-state index in [2.05, 4.69) is 22.6 Å². The van der Waals surface area contributed by atoms with Crippen LogP contribution in [0.5, 0.6) is 0 Å². The Morgan fingerprint density at radius 3 is 3.12 bits per heavy atom. The van der Waals surface area contributed by atoms with E-state index in [-0.39, 0.29) is 0 Å². The summed E-state index contributed by atoms with van der Waals surface area (Å²) in [5.41, 5.74) is 1.02. The van der Waals surface area contributed by atoms with Crippen LogP contribution in [-0.4, -0.2) is 35.3 Å². The molecule has 0 aromatic carbocycles. The third-order valence-corrected chi connectivity index (χ3v) is 3.19. The van der Waals surface area contributed by atoms with Crippen molar-refractivity contribution in [3.8, 4) is 0 Å². The van der Waals surface area contributed by atoms with Crippen LogP contribution < -0.4 is 5.32 Å². The van der Waals surface area contributed by atoms with Gasteiger partial charge in [-0.25, -0.2) is 4.68 Å². The Morgan fingerprint density at radius 2 is 2.41 bits per heavy atom. The summed E-state index contributed by atoms with van der Waals surface area (Å²) in [4.78, 5) is 0. The summed E-state index contributed by atoms with van der Waals surface area (Å²) >= 11 is 0. The van der Waals surface area contributed by atoms with Crippen LogP contribution in [-0.2, 0) is 11.3 Å². The summed E-state index contributed by atoms with van der Waals surface area (Å²) in [6, 6.07) is 0.347. The maximum Gasteiger partial charge on any atom is 0.0964 e. The van der Waals surface area contributed by atoms with Crippen molar-refractivity contribution in [2.45, 2.75) is 38.8 Å². The molecule has 0 spiro atoms. The maximum absolute atomic E-state index is 5.07. The van der Waals surface area contributed by atoms with Gasteiger partial charge in [-0.2, -0.15) is 0 Å². The Morgan fingerprint density at radius 1 is 1.59 bits per heavy atom. The first-order valence-corrected chi connectivity index (χ1v) is 6.40. The predicted molar refractivity (Wildman–Crippen MR) is 65.7 cm³/mol. The molecule has 1 fully saturated rings. The Bertz CT molecular complexity index is 335. The second-order valence-electron chi connectivity index (χ2n) is 4.89. The Balaban J connectivity index is 1.73. The fourth-order valence-electron chi connectivity index (χ4n) is 1.76. The van der Waals surface area contributed by atoms with Crippen molar-refractivity contribution in [3.05, 3.63) is 11.9 Å². The Hall–Kier alpha value is -0.940. The highest BCUT2D eigenvalue weighted by molar-refractivity contribution is 4.93. The molecule has 5 heteroatoms. The number of nitrogens with zero attached hydrogens (tertiary/aromatic N) is 3. The van der Waals surface area contributed by atoms with Gasteiger partial charge in [0.2, 0.25) is 0 Å². The summed E-state index contributed by atoms with van der Waals surface area (Å²) in [6.07, 6.45) is 5.76. The van der Waals surface area contributed by atoms with Crippen LogP contribution in [0.2, 0.25) is 0 Å². The molecule has 2 rings (SSSR count). The fraction of sp³-hybridized carbons (Fsp3) is 0.833. The highest BCUT2D eigenvalue weighted by Gasteiger charge is 2.20. The SMILES string of the molecule is COCCC(C)n1cc(CNCC2CC2)nn1. The van der Waals surface area contributed by atoms with E-state index >= 15 is 0 Å². The third-order valence-electron chi connectivity index (χ3n) is 3.19. The number of hydrogen-bond acceptors (Lipinski definition) is 4. The van der Waals surface area contributed by atoms with Crippen LogP contribution in [0.15, 0.2) is 6.20 Å². The average molecular weight is 238 g/mol. The first kappa shape index (κ1) is 12.5. The highest BCUT2D eigenvalue weighted by atomic mass is 16.5. The zero-order chi connectivity index (χ0) is 12.1. The van der Waals surface area contributed by atoms with Crippen molar-refractivity contribution in [2.24, 2.45) is 5.92 Å². The molecule has 1 aliphatic rings. The first-order valence-electron chi connectivity index (χ1n) is 6.40. The van der Waals surface area contributed by atoms with Gasteiger partial charge in [0.1, 0.15) is 0 Å². The molecular formula is C12H22N4O. The molecule has 1 heterocycles. The number of methoxy groups -OCH3 is 1. The largest absolute Gasteiger partial charge is 0.385 e. The number of aromatic nitrogens is 3. The van der Waals surface area contributed by atoms with Crippen LogP contribution in [0.3, 0.4) is 0 Å². The van der Waals surface area contributed by atoms with Crippen LogP contribution in [0.25, 0.3) is 0 Å². The minimum Gasteiger partial charge on any atom is -0.385 e. The van der Waals surface area contributed by atoms with E-state index in [0.29, 0.717) is 6.04 Å². The molecule has 5 nitrogen and oxygen atoms in total. The van der Waals surface area contributed by atoms with E-state index < -0.39 is 0 Å². The summed E-state index contributed by atoms with van der Waals surface area (Å²) in [7, 11) is 1.72. The zero-order valence-corrected chi connectivity index (χ0v) is 10.7. The van der Waals surface area contributed by atoms with Gasteiger partial charge in [-0.15, -0.1) is 5.10 Å². The number of rotatable bonds is 8. The van der Waals surface area contributed by atoms with Gasteiger partial charge in [-0.1, -0.05) is 5.21 Å². The monoisotopic (exact) mass is 238 g/mol. The molecule has 1 aromatic heterocycles. The van der Waals surface area contributed by atoms with Crippen molar-refractivity contribution >= 4 is 0 Å². The van der Waals surface area contributed by atoms with Crippen molar-refractivity contribution in [3.63, 3.8) is 0 Å². The molecule has 17 heavy (non-hydrogen) atoms. The second-order valence-corrected chi connectivity index (χ2v) is 4.89. The lowest BCUT2D eigenvalue weighted by Gasteiger charge is -2.09. The van der Waals surface area contributed by atoms with Gasteiger partial charge in [0.05, 0.1) is 17.9 Å². The number of ether oxygens (including phenoxy) is 1. The molecule has 0 amide bonds. The molecule has 0 radical (unpaired) electrons. The summed E-state index contributed by atoms with van der Waals surface area (Å²) in [5.74, 6) is 0.908. The van der Waals surface area contributed by atoms with Gasteiger partial charge >= 0.3 is 0 Å². The number of hydrogen-bond donors (Lipinski definition) is 1. The minimum absolute atomic E-state index is 0.347. The lowest BCUT2D eigenvalue weighted by Crippen LogP contribution is -2.16. The molecule has 1 unspecified atom stereocenters. The summed E-state index contributed by atoms with van der Waals surface area (Å²) in [5, 5.41) is 11.7. The Kier molecular flexibility index (Phi) is 4.50. The van der Waals surface area contributed by atoms with Crippen molar-refractivity contribution in [2.75, 3.05) is 20.3 Å². The first-order chi connectivity index (χ1) is 8.29. The second kappa shape index (κ2) is 6.12. The van der Waals surface area contributed by atoms with E-state index in [1.165, 1.54) is 12.8 Å². The molecular weight excluding hydrogens is 216 g/mol. The molecule has 0 saturated heterocycles. The zero-order valence-electron chi connectivity index (χ0n) is 10.7. The summed E-state index contributed by atoms with van der Waals surface area (Å²) < 4.78 is 6.99. The predicted octanol–water partition coefficient (Wildman–Crippen LogP) is 1.38. The molecule has 1 N–H and O–H groups in total. The van der Waals surface area contributed by atoms with Crippen molar-refractivity contribution in [1.82, 2.24) is 20.3 Å². The Labute approximate surface area is 103 Å². The van der Waals surface area contributed by atoms with E-state index in [0.717, 1.165) is 37.7 Å². The van der Waals surface area contributed by atoms with E-state index in [9.17, 15) is 0 Å². The molecule has 0 bridgehead atoms. The minimum atomic E-state index is 0.347. The van der Waals surface area contributed by atoms with Gasteiger partial charge in [0.25, 0.3) is 0 Å². The third kappa shape index (κ3) is 4.09. The molecule has 1 aliphatic carbocycles. The molecule has 96 valence electrons. The quantitative estimate of drug-likeness (QED) is 0.743. The highest BCUT2D eigenvalue weighted by Crippen LogP contribution is 2.27. The normalized spacial score (nSPS) is 17.3. The van der Waals surface area contributed by atoms with Gasteiger partial charge in [-0.05, 0) is 38.6 Å². The maximum atomic E-state index is 5.07. The standard InChI is InChI=1S/C12H22N4O/c1-10(5-6-17-2)16-9-12(14-15-16)8-13-7-11-3-4-11/h9-11,13H,3-8H2,1-2H3. The lowest BCUT2D eigenvalue weighted by molar-refractivity contribution is 0.178. The average Bonchev–Trinajstić information content (AvgIpc) is 3.03.